The molecule has 0 bridgehead atoms. The number of carboxylic acids is 1. The average molecular weight is 267 g/mol. The van der Waals surface area contributed by atoms with Gasteiger partial charge in [-0.05, 0) is 25.8 Å². The molecule has 0 aliphatic rings. The molecule has 1 unspecified atom stereocenters. The fraction of sp³-hybridized carbons (Fsp3) is 0.615. The molecule has 0 aliphatic heterocycles. The van der Waals surface area contributed by atoms with Crippen LogP contribution < -0.4 is 5.32 Å². The number of aliphatic carboxylic acids is 1. The van der Waals surface area contributed by atoms with E-state index in [-0.39, 0.29) is 24.9 Å². The fourth-order valence-corrected chi connectivity index (χ4v) is 1.86. The van der Waals surface area contributed by atoms with Crippen LogP contribution in [0, 0.1) is 25.7 Å². The summed E-state index contributed by atoms with van der Waals surface area (Å²) >= 11 is 0. The number of aryl methyl sites for hydroxylation is 2. The SMILES string of the molecule is Cc1cc(C)n(CC(=O)NCC(C(=O)O)C(C)C)n1. The summed E-state index contributed by atoms with van der Waals surface area (Å²) < 4.78 is 1.61. The lowest BCUT2D eigenvalue weighted by molar-refractivity contribution is -0.143. The summed E-state index contributed by atoms with van der Waals surface area (Å²) in [6.07, 6.45) is 0. The molecule has 0 radical (unpaired) electrons. The van der Waals surface area contributed by atoms with Crippen LogP contribution in [-0.4, -0.2) is 33.3 Å². The number of rotatable bonds is 6. The highest BCUT2D eigenvalue weighted by molar-refractivity contribution is 5.77. The maximum atomic E-state index is 11.8. The number of carbonyl (C=O) groups excluding carboxylic acids is 1. The van der Waals surface area contributed by atoms with Gasteiger partial charge in [0.15, 0.2) is 0 Å². The Kier molecular flexibility index (Phi) is 5.09. The van der Waals surface area contributed by atoms with Crippen molar-refractivity contribution >= 4 is 11.9 Å². The van der Waals surface area contributed by atoms with E-state index >= 15 is 0 Å². The fourth-order valence-electron chi connectivity index (χ4n) is 1.86. The zero-order valence-electron chi connectivity index (χ0n) is 11.8. The van der Waals surface area contributed by atoms with E-state index in [9.17, 15) is 9.59 Å². The molecule has 0 aliphatic carbocycles. The van der Waals surface area contributed by atoms with Crippen molar-refractivity contribution in [1.82, 2.24) is 15.1 Å². The highest BCUT2D eigenvalue weighted by Gasteiger charge is 2.22. The molecule has 0 fully saturated rings. The predicted octanol–water partition coefficient (Wildman–Crippen LogP) is 0.973. The maximum absolute atomic E-state index is 11.8. The third kappa shape index (κ3) is 4.39. The van der Waals surface area contributed by atoms with Crippen molar-refractivity contribution in [1.29, 1.82) is 0 Å². The molecular formula is C13H21N3O3. The van der Waals surface area contributed by atoms with E-state index in [0.717, 1.165) is 11.4 Å². The van der Waals surface area contributed by atoms with Gasteiger partial charge in [-0.3, -0.25) is 14.3 Å². The Bertz CT molecular complexity index is 466. The molecule has 2 N–H and O–H groups in total. The molecule has 106 valence electrons. The van der Waals surface area contributed by atoms with E-state index < -0.39 is 11.9 Å². The molecule has 1 rings (SSSR count). The molecule has 1 amide bonds. The van der Waals surface area contributed by atoms with E-state index in [1.165, 1.54) is 0 Å². The van der Waals surface area contributed by atoms with Crippen LogP contribution >= 0.6 is 0 Å². The first kappa shape index (κ1) is 15.2. The molecule has 6 nitrogen and oxygen atoms in total. The summed E-state index contributed by atoms with van der Waals surface area (Å²) in [5.74, 6) is -1.70. The predicted molar refractivity (Wildman–Crippen MR) is 70.7 cm³/mol. The summed E-state index contributed by atoms with van der Waals surface area (Å²) in [5, 5.41) is 15.9. The van der Waals surface area contributed by atoms with Crippen LogP contribution in [0.15, 0.2) is 6.07 Å². The smallest absolute Gasteiger partial charge is 0.308 e. The van der Waals surface area contributed by atoms with Gasteiger partial charge in [-0.2, -0.15) is 5.10 Å². The van der Waals surface area contributed by atoms with Crippen molar-refractivity contribution < 1.29 is 14.7 Å². The Hall–Kier alpha value is -1.85. The van der Waals surface area contributed by atoms with Crippen molar-refractivity contribution in [3.8, 4) is 0 Å². The Morgan fingerprint density at radius 3 is 2.47 bits per heavy atom. The van der Waals surface area contributed by atoms with E-state index in [4.69, 9.17) is 5.11 Å². The van der Waals surface area contributed by atoms with Crippen molar-refractivity contribution in [2.75, 3.05) is 6.54 Å². The molecule has 0 aromatic carbocycles. The van der Waals surface area contributed by atoms with Crippen molar-refractivity contribution in [3.05, 3.63) is 17.5 Å². The highest BCUT2D eigenvalue weighted by atomic mass is 16.4. The Morgan fingerprint density at radius 2 is 2.05 bits per heavy atom. The molecule has 1 heterocycles. The minimum absolute atomic E-state index is 0.0218. The largest absolute Gasteiger partial charge is 0.481 e. The first-order valence-electron chi connectivity index (χ1n) is 6.31. The van der Waals surface area contributed by atoms with Crippen LogP contribution in [-0.2, 0) is 16.1 Å². The Labute approximate surface area is 112 Å². The molecule has 1 aromatic rings. The van der Waals surface area contributed by atoms with Crippen molar-refractivity contribution in [2.45, 2.75) is 34.2 Å². The average Bonchev–Trinajstić information content (AvgIpc) is 2.56. The zero-order valence-corrected chi connectivity index (χ0v) is 11.8. The number of amides is 1. The summed E-state index contributed by atoms with van der Waals surface area (Å²) in [5.41, 5.74) is 1.77. The van der Waals surface area contributed by atoms with Gasteiger partial charge >= 0.3 is 5.97 Å². The minimum atomic E-state index is -0.888. The van der Waals surface area contributed by atoms with E-state index in [2.05, 4.69) is 10.4 Å². The number of carbonyl (C=O) groups is 2. The second kappa shape index (κ2) is 6.36. The molecule has 1 atom stereocenters. The number of aromatic nitrogens is 2. The third-order valence-electron chi connectivity index (χ3n) is 3.04. The van der Waals surface area contributed by atoms with Gasteiger partial charge < -0.3 is 10.4 Å². The monoisotopic (exact) mass is 267 g/mol. The second-order valence-corrected chi connectivity index (χ2v) is 5.08. The lowest BCUT2D eigenvalue weighted by Gasteiger charge is -2.16. The quantitative estimate of drug-likeness (QED) is 0.804. The molecule has 1 aromatic heterocycles. The van der Waals surface area contributed by atoms with Crippen LogP contribution in [0.25, 0.3) is 0 Å². The summed E-state index contributed by atoms with van der Waals surface area (Å²) in [4.78, 5) is 22.8. The first-order chi connectivity index (χ1) is 8.81. The lowest BCUT2D eigenvalue weighted by atomic mass is 9.96. The molecule has 6 heteroatoms. The Morgan fingerprint density at radius 1 is 1.42 bits per heavy atom. The number of hydrogen-bond acceptors (Lipinski definition) is 3. The third-order valence-corrected chi connectivity index (χ3v) is 3.04. The van der Waals surface area contributed by atoms with Gasteiger partial charge in [0.25, 0.3) is 0 Å². The van der Waals surface area contributed by atoms with Gasteiger partial charge in [0.1, 0.15) is 6.54 Å². The number of nitrogens with zero attached hydrogens (tertiary/aromatic N) is 2. The molecular weight excluding hydrogens is 246 g/mol. The van der Waals surface area contributed by atoms with Crippen LogP contribution in [0.3, 0.4) is 0 Å². The van der Waals surface area contributed by atoms with Crippen molar-refractivity contribution in [2.24, 2.45) is 11.8 Å². The van der Waals surface area contributed by atoms with E-state index in [1.54, 1.807) is 4.68 Å². The lowest BCUT2D eigenvalue weighted by Crippen LogP contribution is -2.37. The summed E-state index contributed by atoms with van der Waals surface area (Å²) in [6.45, 7) is 7.65. The maximum Gasteiger partial charge on any atom is 0.308 e. The van der Waals surface area contributed by atoms with Crippen LogP contribution in [0.4, 0.5) is 0 Å². The van der Waals surface area contributed by atoms with Gasteiger partial charge in [0.2, 0.25) is 5.91 Å². The van der Waals surface area contributed by atoms with Crippen LogP contribution in [0.5, 0.6) is 0 Å². The Balaban J connectivity index is 2.52. The topological polar surface area (TPSA) is 84.2 Å². The normalized spacial score (nSPS) is 12.5. The molecule has 0 spiro atoms. The summed E-state index contributed by atoms with van der Waals surface area (Å²) in [6, 6.07) is 1.89. The molecule has 19 heavy (non-hydrogen) atoms. The summed E-state index contributed by atoms with van der Waals surface area (Å²) in [7, 11) is 0. The van der Waals surface area contributed by atoms with Gasteiger partial charge in [-0.25, -0.2) is 0 Å². The van der Waals surface area contributed by atoms with Gasteiger partial charge in [0, 0.05) is 12.2 Å². The molecule has 0 saturated carbocycles. The number of carboxylic acid groups (broad SMARTS) is 1. The molecule has 0 saturated heterocycles. The first-order valence-corrected chi connectivity index (χ1v) is 6.31. The van der Waals surface area contributed by atoms with Gasteiger partial charge in [0.05, 0.1) is 11.6 Å². The second-order valence-electron chi connectivity index (χ2n) is 5.08. The van der Waals surface area contributed by atoms with Crippen LogP contribution in [0.1, 0.15) is 25.2 Å². The van der Waals surface area contributed by atoms with Gasteiger partial charge in [-0.1, -0.05) is 13.8 Å². The number of hydrogen-bond donors (Lipinski definition) is 2. The minimum Gasteiger partial charge on any atom is -0.481 e. The van der Waals surface area contributed by atoms with Crippen molar-refractivity contribution in [3.63, 3.8) is 0 Å². The highest BCUT2D eigenvalue weighted by Crippen LogP contribution is 2.09. The van der Waals surface area contributed by atoms with E-state index in [0.29, 0.717) is 0 Å². The van der Waals surface area contributed by atoms with E-state index in [1.807, 2.05) is 33.8 Å². The standard InChI is InChI=1S/C13H21N3O3/c1-8(2)11(13(18)19)6-14-12(17)7-16-10(4)5-9(3)15-16/h5,8,11H,6-7H2,1-4H3,(H,14,17)(H,18,19). The van der Waals surface area contributed by atoms with Crippen LogP contribution in [0.2, 0.25) is 0 Å². The van der Waals surface area contributed by atoms with Gasteiger partial charge in [-0.15, -0.1) is 0 Å². The zero-order chi connectivity index (χ0) is 14.6. The number of nitrogens with one attached hydrogen (secondary N) is 1.